The molecule has 238 valence electrons. The van der Waals surface area contributed by atoms with E-state index in [-0.39, 0.29) is 22.5 Å². The maximum Gasteiger partial charge on any atom is 0.417 e. The summed E-state index contributed by atoms with van der Waals surface area (Å²) in [5, 5.41) is 3.05. The zero-order valence-electron chi connectivity index (χ0n) is 26.3. The SMILES string of the molecule is CC(C)(C)OC(=O)N(CC(=O)NC1CC2CC[C@]1(CS(=O)(=O)N1CCC3(CCc4ccccc43)CC1)C2(C)C)C(=O)CN. The number of ether oxygens (including phenoxy) is 1. The zero-order valence-corrected chi connectivity index (χ0v) is 27.1. The summed E-state index contributed by atoms with van der Waals surface area (Å²) in [6, 6.07) is 8.17. The number of nitrogens with one attached hydrogen (secondary N) is 1. The molecule has 1 spiro atoms. The number of imide groups is 1. The van der Waals surface area contributed by atoms with Crippen LogP contribution in [0.15, 0.2) is 24.3 Å². The van der Waals surface area contributed by atoms with Gasteiger partial charge in [-0.15, -0.1) is 0 Å². The predicted molar refractivity (Wildman–Crippen MR) is 164 cm³/mol. The summed E-state index contributed by atoms with van der Waals surface area (Å²) in [5.41, 5.74) is 6.53. The standard InChI is InChI=1S/C32H48N4O6S/c1-29(2,3)42-28(39)36(27(38)19-33)20-26(37)34-25-18-23-11-13-32(25,30(23,4)5)21-43(40,41)35-16-14-31(15-17-35)12-10-22-8-6-7-9-24(22)31/h6-9,23,25H,10-21,33H2,1-5H3,(H,34,37)/t23?,25?,32-/m1/s1. The van der Waals surface area contributed by atoms with Crippen molar-refractivity contribution in [3.8, 4) is 0 Å². The molecule has 3 amide bonds. The third-order valence-electron chi connectivity index (χ3n) is 11.1. The second-order valence-corrected chi connectivity index (χ2v) is 16.7. The van der Waals surface area contributed by atoms with Gasteiger partial charge in [-0.1, -0.05) is 38.1 Å². The molecule has 10 nitrogen and oxygen atoms in total. The number of rotatable bonds is 7. The van der Waals surface area contributed by atoms with Crippen LogP contribution in [0.1, 0.15) is 84.3 Å². The molecule has 1 saturated heterocycles. The molecule has 0 radical (unpaired) electrons. The van der Waals surface area contributed by atoms with E-state index in [1.165, 1.54) is 11.1 Å². The number of sulfonamides is 1. The van der Waals surface area contributed by atoms with Crippen LogP contribution < -0.4 is 11.1 Å². The molecule has 0 aromatic heterocycles. The van der Waals surface area contributed by atoms with Gasteiger partial charge in [0, 0.05) is 24.5 Å². The van der Waals surface area contributed by atoms with Gasteiger partial charge in [-0.3, -0.25) is 9.59 Å². The average Bonchev–Trinajstić information content (AvgIpc) is 3.47. The first-order chi connectivity index (χ1) is 20.0. The number of aryl methyl sites for hydroxylation is 1. The fraction of sp³-hybridized carbons (Fsp3) is 0.719. The molecule has 1 aromatic rings. The van der Waals surface area contributed by atoms with Crippen molar-refractivity contribution >= 4 is 27.9 Å². The first-order valence-electron chi connectivity index (χ1n) is 15.6. The molecule has 4 aliphatic rings. The van der Waals surface area contributed by atoms with Gasteiger partial charge in [0.25, 0.3) is 0 Å². The van der Waals surface area contributed by atoms with Gasteiger partial charge >= 0.3 is 6.09 Å². The van der Waals surface area contributed by atoms with Crippen LogP contribution in [0.4, 0.5) is 4.79 Å². The van der Waals surface area contributed by atoms with Crippen LogP contribution in [0.5, 0.6) is 0 Å². The molecule has 2 bridgehead atoms. The number of nitrogens with zero attached hydrogens (tertiary/aromatic N) is 2. The number of carbonyl (C=O) groups excluding carboxylic acids is 3. The highest BCUT2D eigenvalue weighted by Gasteiger charge is 2.66. The molecule has 5 rings (SSSR count). The third kappa shape index (κ3) is 5.73. The minimum atomic E-state index is -3.62. The first-order valence-corrected chi connectivity index (χ1v) is 17.2. The number of piperidine rings is 1. The number of nitrogens with two attached hydrogens (primary N) is 1. The molecule has 2 saturated carbocycles. The lowest BCUT2D eigenvalue weighted by Gasteiger charge is -2.45. The van der Waals surface area contributed by atoms with Crippen LogP contribution in [-0.4, -0.2) is 79.1 Å². The summed E-state index contributed by atoms with van der Waals surface area (Å²) >= 11 is 0. The molecule has 3 aliphatic carbocycles. The average molecular weight is 617 g/mol. The molecule has 43 heavy (non-hydrogen) atoms. The Labute approximate surface area is 256 Å². The Kier molecular flexibility index (Phi) is 8.27. The zero-order chi connectivity index (χ0) is 31.4. The van der Waals surface area contributed by atoms with Crippen molar-refractivity contribution in [2.45, 2.75) is 96.6 Å². The maximum atomic E-state index is 14.1. The highest BCUT2D eigenvalue weighted by atomic mass is 32.2. The van der Waals surface area contributed by atoms with Gasteiger partial charge in [0.1, 0.15) is 12.1 Å². The van der Waals surface area contributed by atoms with Gasteiger partial charge in [0.05, 0.1) is 12.3 Å². The van der Waals surface area contributed by atoms with E-state index in [1.807, 2.05) is 0 Å². The molecule has 1 aromatic carbocycles. The number of carbonyl (C=O) groups is 3. The Balaban J connectivity index is 1.30. The van der Waals surface area contributed by atoms with Crippen molar-refractivity contribution in [3.63, 3.8) is 0 Å². The number of benzene rings is 1. The van der Waals surface area contributed by atoms with Gasteiger partial charge in [-0.05, 0) is 93.6 Å². The summed E-state index contributed by atoms with van der Waals surface area (Å²) in [7, 11) is -3.62. The Morgan fingerprint density at radius 2 is 1.77 bits per heavy atom. The minimum Gasteiger partial charge on any atom is -0.443 e. The topological polar surface area (TPSA) is 139 Å². The molecule has 3 fully saturated rings. The van der Waals surface area contributed by atoms with E-state index >= 15 is 0 Å². The van der Waals surface area contributed by atoms with E-state index in [0.717, 1.165) is 37.0 Å². The van der Waals surface area contributed by atoms with Crippen molar-refractivity contribution in [1.29, 1.82) is 0 Å². The number of hydrogen-bond acceptors (Lipinski definition) is 7. The Morgan fingerprint density at radius 1 is 1.09 bits per heavy atom. The van der Waals surface area contributed by atoms with Crippen LogP contribution in [0.2, 0.25) is 0 Å². The maximum absolute atomic E-state index is 14.1. The lowest BCUT2D eigenvalue weighted by molar-refractivity contribution is -0.134. The summed E-state index contributed by atoms with van der Waals surface area (Å²) in [6.07, 6.45) is 5.07. The lowest BCUT2D eigenvalue weighted by atomic mass is 9.69. The molecule has 3 atom stereocenters. The van der Waals surface area contributed by atoms with Gasteiger partial charge in [0.2, 0.25) is 21.8 Å². The van der Waals surface area contributed by atoms with E-state index in [4.69, 9.17) is 10.5 Å². The first kappa shape index (κ1) is 31.9. The van der Waals surface area contributed by atoms with Crippen LogP contribution in [0.3, 0.4) is 0 Å². The molecule has 1 heterocycles. The van der Waals surface area contributed by atoms with Gasteiger partial charge < -0.3 is 15.8 Å². The lowest BCUT2D eigenvalue weighted by Crippen LogP contribution is -2.57. The monoisotopic (exact) mass is 616 g/mol. The van der Waals surface area contributed by atoms with Crippen molar-refractivity contribution in [2.24, 2.45) is 22.5 Å². The van der Waals surface area contributed by atoms with E-state index in [2.05, 4.69) is 43.4 Å². The normalized spacial score (nSPS) is 27.6. The Morgan fingerprint density at radius 3 is 2.40 bits per heavy atom. The minimum absolute atomic E-state index is 0.0322. The van der Waals surface area contributed by atoms with Crippen molar-refractivity contribution in [2.75, 3.05) is 31.9 Å². The molecular weight excluding hydrogens is 568 g/mol. The molecule has 3 N–H and O–H groups in total. The summed E-state index contributed by atoms with van der Waals surface area (Å²) in [6.45, 7) is 9.28. The fourth-order valence-corrected chi connectivity index (χ4v) is 10.9. The van der Waals surface area contributed by atoms with E-state index in [9.17, 15) is 22.8 Å². The third-order valence-corrected chi connectivity index (χ3v) is 13.2. The largest absolute Gasteiger partial charge is 0.443 e. The van der Waals surface area contributed by atoms with Crippen LogP contribution in [0.25, 0.3) is 0 Å². The number of amides is 3. The summed E-state index contributed by atoms with van der Waals surface area (Å²) in [5.74, 6) is -1.02. The van der Waals surface area contributed by atoms with Crippen molar-refractivity contribution in [3.05, 3.63) is 35.4 Å². The van der Waals surface area contributed by atoms with E-state index < -0.39 is 58.1 Å². The van der Waals surface area contributed by atoms with Crippen LogP contribution in [-0.2, 0) is 36.2 Å². The molecule has 11 heteroatoms. The van der Waals surface area contributed by atoms with Crippen LogP contribution >= 0.6 is 0 Å². The predicted octanol–water partition coefficient (Wildman–Crippen LogP) is 3.33. The highest BCUT2D eigenvalue weighted by Crippen LogP contribution is 2.66. The molecule has 2 unspecified atom stereocenters. The second kappa shape index (κ2) is 11.1. The summed E-state index contributed by atoms with van der Waals surface area (Å²) in [4.78, 5) is 39.2. The Bertz CT molecular complexity index is 1380. The quantitative estimate of drug-likeness (QED) is 0.479. The second-order valence-electron chi connectivity index (χ2n) is 14.7. The number of fused-ring (bicyclic) bond motifs is 4. The molecular formula is C32H48N4O6S. The van der Waals surface area contributed by atoms with E-state index in [0.29, 0.717) is 25.9 Å². The summed E-state index contributed by atoms with van der Waals surface area (Å²) < 4.78 is 35.2. The van der Waals surface area contributed by atoms with Crippen molar-refractivity contribution < 1.29 is 27.5 Å². The van der Waals surface area contributed by atoms with Crippen molar-refractivity contribution in [1.82, 2.24) is 14.5 Å². The van der Waals surface area contributed by atoms with Crippen LogP contribution in [0, 0.1) is 16.7 Å². The van der Waals surface area contributed by atoms with Gasteiger partial charge in [0.15, 0.2) is 0 Å². The molecule has 1 aliphatic heterocycles. The van der Waals surface area contributed by atoms with Gasteiger partial charge in [-0.25, -0.2) is 22.4 Å². The van der Waals surface area contributed by atoms with E-state index in [1.54, 1.807) is 25.1 Å². The number of hydrogen-bond donors (Lipinski definition) is 2. The van der Waals surface area contributed by atoms with Gasteiger partial charge in [-0.2, -0.15) is 0 Å². The highest BCUT2D eigenvalue weighted by molar-refractivity contribution is 7.89. The fourth-order valence-electron chi connectivity index (χ4n) is 8.58. The Hall–Kier alpha value is -2.50. The smallest absolute Gasteiger partial charge is 0.417 e.